The van der Waals surface area contributed by atoms with Gasteiger partial charge in [-0.25, -0.2) is 0 Å². The van der Waals surface area contributed by atoms with E-state index in [1.165, 1.54) is 0 Å². The van der Waals surface area contributed by atoms with E-state index in [4.69, 9.17) is 10.5 Å². The molecule has 2 rings (SSSR count). The van der Waals surface area contributed by atoms with Crippen LogP contribution in [0.2, 0.25) is 0 Å². The van der Waals surface area contributed by atoms with Gasteiger partial charge in [-0.3, -0.25) is 4.68 Å². The van der Waals surface area contributed by atoms with Gasteiger partial charge in [0.05, 0.1) is 12.8 Å². The lowest BCUT2D eigenvalue weighted by Gasteiger charge is -2.07. The average Bonchev–Trinajstić information content (AvgIpc) is 2.68. The Bertz CT molecular complexity index is 593. The molecule has 102 valence electrons. The standard InChI is InChI=1S/C14H18BrN3O/c1-4-5-10-13(17-18(2)14(10)16)11-8-9(19-3)6-7-12(11)15/h6-8H,4-5,16H2,1-3H3. The molecule has 1 aromatic heterocycles. The van der Waals surface area contributed by atoms with Crippen molar-refractivity contribution in [1.82, 2.24) is 9.78 Å². The Kier molecular flexibility index (Phi) is 4.14. The number of hydrogen-bond donors (Lipinski definition) is 1. The van der Waals surface area contributed by atoms with Crippen LogP contribution < -0.4 is 10.5 Å². The molecule has 19 heavy (non-hydrogen) atoms. The Morgan fingerprint density at radius 2 is 2.16 bits per heavy atom. The third-order valence-electron chi connectivity index (χ3n) is 3.12. The molecule has 0 aliphatic carbocycles. The van der Waals surface area contributed by atoms with Crippen molar-refractivity contribution < 1.29 is 4.74 Å². The Labute approximate surface area is 121 Å². The Balaban J connectivity index is 2.61. The molecule has 5 heteroatoms. The van der Waals surface area contributed by atoms with Crippen LogP contribution in [0.1, 0.15) is 18.9 Å². The largest absolute Gasteiger partial charge is 0.497 e. The summed E-state index contributed by atoms with van der Waals surface area (Å²) in [5, 5.41) is 4.54. The highest BCUT2D eigenvalue weighted by Gasteiger charge is 2.17. The van der Waals surface area contributed by atoms with Gasteiger partial charge < -0.3 is 10.5 Å². The second-order valence-corrected chi connectivity index (χ2v) is 5.29. The summed E-state index contributed by atoms with van der Waals surface area (Å²) in [6, 6.07) is 5.86. The first-order valence-electron chi connectivity index (χ1n) is 6.23. The molecular weight excluding hydrogens is 306 g/mol. The molecule has 2 aromatic rings. The molecule has 1 heterocycles. The maximum Gasteiger partial charge on any atom is 0.125 e. The predicted molar refractivity (Wildman–Crippen MR) is 81.3 cm³/mol. The van der Waals surface area contributed by atoms with Crippen molar-refractivity contribution in [3.63, 3.8) is 0 Å². The topological polar surface area (TPSA) is 53.1 Å². The van der Waals surface area contributed by atoms with Crippen LogP contribution in [0, 0.1) is 0 Å². The number of aryl methyl sites for hydroxylation is 1. The van der Waals surface area contributed by atoms with Gasteiger partial charge >= 0.3 is 0 Å². The summed E-state index contributed by atoms with van der Waals surface area (Å²) in [5.41, 5.74) is 9.13. The zero-order chi connectivity index (χ0) is 14.0. The van der Waals surface area contributed by atoms with Gasteiger partial charge in [-0.1, -0.05) is 29.3 Å². The maximum absolute atomic E-state index is 6.10. The van der Waals surface area contributed by atoms with Crippen LogP contribution in [0.4, 0.5) is 5.82 Å². The number of ether oxygens (including phenoxy) is 1. The van der Waals surface area contributed by atoms with E-state index < -0.39 is 0 Å². The number of anilines is 1. The van der Waals surface area contributed by atoms with Gasteiger partial charge in [0.2, 0.25) is 0 Å². The number of methoxy groups -OCH3 is 1. The van der Waals surface area contributed by atoms with Gasteiger partial charge in [-0.2, -0.15) is 5.10 Å². The smallest absolute Gasteiger partial charge is 0.125 e. The number of nitrogens with two attached hydrogens (primary N) is 1. The van der Waals surface area contributed by atoms with Crippen LogP contribution in [-0.4, -0.2) is 16.9 Å². The number of hydrogen-bond acceptors (Lipinski definition) is 3. The minimum atomic E-state index is 0.728. The lowest BCUT2D eigenvalue weighted by Crippen LogP contribution is -1.99. The fourth-order valence-electron chi connectivity index (χ4n) is 2.11. The minimum absolute atomic E-state index is 0.728. The van der Waals surface area contributed by atoms with Crippen molar-refractivity contribution >= 4 is 21.7 Å². The van der Waals surface area contributed by atoms with E-state index in [0.29, 0.717) is 0 Å². The number of rotatable bonds is 4. The minimum Gasteiger partial charge on any atom is -0.497 e. The van der Waals surface area contributed by atoms with Crippen LogP contribution in [-0.2, 0) is 13.5 Å². The summed E-state index contributed by atoms with van der Waals surface area (Å²) in [4.78, 5) is 0. The molecule has 4 nitrogen and oxygen atoms in total. The summed E-state index contributed by atoms with van der Waals surface area (Å²) in [7, 11) is 3.53. The molecule has 0 radical (unpaired) electrons. The highest BCUT2D eigenvalue weighted by atomic mass is 79.9. The van der Waals surface area contributed by atoms with Crippen LogP contribution in [0.3, 0.4) is 0 Å². The van der Waals surface area contributed by atoms with Gasteiger partial charge in [0, 0.05) is 22.6 Å². The molecule has 1 aromatic carbocycles. The van der Waals surface area contributed by atoms with E-state index in [2.05, 4.69) is 28.0 Å². The molecule has 0 unspecified atom stereocenters. The quantitative estimate of drug-likeness (QED) is 0.938. The number of nitrogens with zero attached hydrogens (tertiary/aromatic N) is 2. The van der Waals surface area contributed by atoms with Gasteiger partial charge in [-0.15, -0.1) is 0 Å². The number of benzene rings is 1. The zero-order valence-corrected chi connectivity index (χ0v) is 13.0. The molecule has 0 spiro atoms. The molecule has 0 amide bonds. The second kappa shape index (κ2) is 5.65. The molecule has 0 fully saturated rings. The number of nitrogen functional groups attached to an aromatic ring is 1. The van der Waals surface area contributed by atoms with Crippen molar-refractivity contribution in [2.45, 2.75) is 19.8 Å². The second-order valence-electron chi connectivity index (χ2n) is 4.43. The van der Waals surface area contributed by atoms with Crippen LogP contribution in [0.5, 0.6) is 5.75 Å². The fraction of sp³-hybridized carbons (Fsp3) is 0.357. The molecule has 0 bridgehead atoms. The number of halogens is 1. The van der Waals surface area contributed by atoms with Gasteiger partial charge in [0.1, 0.15) is 11.6 Å². The molecule has 0 aliphatic heterocycles. The van der Waals surface area contributed by atoms with Gasteiger partial charge in [0.25, 0.3) is 0 Å². The third-order valence-corrected chi connectivity index (χ3v) is 3.81. The molecular formula is C14H18BrN3O. The van der Waals surface area contributed by atoms with E-state index in [1.54, 1.807) is 11.8 Å². The van der Waals surface area contributed by atoms with Crippen molar-refractivity contribution in [1.29, 1.82) is 0 Å². The highest BCUT2D eigenvalue weighted by Crippen LogP contribution is 2.35. The lowest BCUT2D eigenvalue weighted by molar-refractivity contribution is 0.415. The molecule has 0 aliphatic rings. The van der Waals surface area contributed by atoms with Crippen LogP contribution in [0.15, 0.2) is 22.7 Å². The molecule has 0 atom stereocenters. The van der Waals surface area contributed by atoms with Gasteiger partial charge in [-0.05, 0) is 24.6 Å². The summed E-state index contributed by atoms with van der Waals surface area (Å²) >= 11 is 3.57. The van der Waals surface area contributed by atoms with Crippen molar-refractivity contribution in [2.24, 2.45) is 7.05 Å². The average molecular weight is 324 g/mol. The van der Waals surface area contributed by atoms with E-state index >= 15 is 0 Å². The van der Waals surface area contributed by atoms with Crippen LogP contribution in [0.25, 0.3) is 11.3 Å². The molecule has 0 saturated carbocycles. The Morgan fingerprint density at radius 1 is 1.42 bits per heavy atom. The monoisotopic (exact) mass is 323 g/mol. The zero-order valence-electron chi connectivity index (χ0n) is 11.4. The molecule has 0 saturated heterocycles. The van der Waals surface area contributed by atoms with Crippen molar-refractivity contribution in [2.75, 3.05) is 12.8 Å². The fourth-order valence-corrected chi connectivity index (χ4v) is 2.54. The Hall–Kier alpha value is -1.49. The third kappa shape index (κ3) is 2.61. The first kappa shape index (κ1) is 13.9. The van der Waals surface area contributed by atoms with Gasteiger partial charge in [0.15, 0.2) is 0 Å². The predicted octanol–water partition coefficient (Wildman–Crippen LogP) is 3.39. The van der Waals surface area contributed by atoms with Crippen molar-refractivity contribution in [3.05, 3.63) is 28.2 Å². The first-order valence-corrected chi connectivity index (χ1v) is 7.03. The summed E-state index contributed by atoms with van der Waals surface area (Å²) < 4.78 is 8.00. The maximum atomic E-state index is 6.10. The highest BCUT2D eigenvalue weighted by molar-refractivity contribution is 9.10. The summed E-state index contributed by atoms with van der Waals surface area (Å²) in [6.07, 6.45) is 1.95. The van der Waals surface area contributed by atoms with E-state index in [-0.39, 0.29) is 0 Å². The molecule has 2 N–H and O–H groups in total. The van der Waals surface area contributed by atoms with E-state index in [0.717, 1.165) is 45.7 Å². The summed E-state index contributed by atoms with van der Waals surface area (Å²) in [5.74, 6) is 1.54. The Morgan fingerprint density at radius 3 is 2.79 bits per heavy atom. The summed E-state index contributed by atoms with van der Waals surface area (Å²) in [6.45, 7) is 2.14. The first-order chi connectivity index (χ1) is 9.08. The van der Waals surface area contributed by atoms with E-state index in [9.17, 15) is 0 Å². The normalized spacial score (nSPS) is 10.7. The number of aromatic nitrogens is 2. The van der Waals surface area contributed by atoms with E-state index in [1.807, 2.05) is 25.2 Å². The lowest BCUT2D eigenvalue weighted by atomic mass is 10.0. The SMILES string of the molecule is CCCc1c(-c2cc(OC)ccc2Br)nn(C)c1N. The van der Waals surface area contributed by atoms with Crippen LogP contribution >= 0.6 is 15.9 Å². The van der Waals surface area contributed by atoms with Crippen molar-refractivity contribution in [3.8, 4) is 17.0 Å².